The molecule has 92 valence electrons. The van der Waals surface area contributed by atoms with E-state index in [1.54, 1.807) is 0 Å². The van der Waals surface area contributed by atoms with Crippen LogP contribution >= 0.6 is 0 Å². The summed E-state index contributed by atoms with van der Waals surface area (Å²) in [6.45, 7) is 0.795. The van der Waals surface area contributed by atoms with E-state index in [1.807, 2.05) is 24.3 Å². The van der Waals surface area contributed by atoms with Gasteiger partial charge in [-0.1, -0.05) is 30.3 Å². The van der Waals surface area contributed by atoms with Gasteiger partial charge in [0, 0.05) is 11.6 Å². The van der Waals surface area contributed by atoms with Crippen LogP contribution in [0.2, 0.25) is 0 Å². The molecule has 2 N–H and O–H groups in total. The molecule has 1 aliphatic rings. The quantitative estimate of drug-likeness (QED) is 0.829. The van der Waals surface area contributed by atoms with Crippen LogP contribution in [0.5, 0.6) is 5.75 Å². The number of nitrogens with two attached hydrogens (primary N) is 1. The Labute approximate surface area is 107 Å². The van der Waals surface area contributed by atoms with Gasteiger partial charge in [0.1, 0.15) is 5.75 Å². The van der Waals surface area contributed by atoms with Gasteiger partial charge in [0.2, 0.25) is 0 Å². The number of hydrogen-bond donors (Lipinski definition) is 1. The van der Waals surface area contributed by atoms with Crippen molar-refractivity contribution in [3.8, 4) is 5.75 Å². The molecule has 18 heavy (non-hydrogen) atoms. The van der Waals surface area contributed by atoms with Gasteiger partial charge in [0.05, 0.1) is 6.61 Å². The van der Waals surface area contributed by atoms with Crippen LogP contribution < -0.4 is 10.5 Å². The Morgan fingerprint density at radius 1 is 1.00 bits per heavy atom. The van der Waals surface area contributed by atoms with Gasteiger partial charge >= 0.3 is 0 Å². The van der Waals surface area contributed by atoms with Crippen LogP contribution in [0.1, 0.15) is 17.9 Å². The number of ether oxygens (including phenoxy) is 1. The first-order valence-electron chi connectivity index (χ1n) is 6.36. The van der Waals surface area contributed by atoms with Gasteiger partial charge in [-0.05, 0) is 42.2 Å². The van der Waals surface area contributed by atoms with E-state index in [0.717, 1.165) is 18.0 Å². The molecule has 2 nitrogen and oxygen atoms in total. The second kappa shape index (κ2) is 4.73. The smallest absolute Gasteiger partial charge is 0.119 e. The van der Waals surface area contributed by atoms with E-state index in [1.165, 1.54) is 12.0 Å². The summed E-state index contributed by atoms with van der Waals surface area (Å²) in [5.74, 6) is 2.24. The number of hydrogen-bond acceptors (Lipinski definition) is 2. The summed E-state index contributed by atoms with van der Waals surface area (Å²) in [5.41, 5.74) is 7.85. The second-order valence-corrected chi connectivity index (χ2v) is 4.89. The van der Waals surface area contributed by atoms with E-state index in [0.29, 0.717) is 11.8 Å². The van der Waals surface area contributed by atoms with Gasteiger partial charge in [-0.25, -0.2) is 0 Å². The van der Waals surface area contributed by atoms with Crippen molar-refractivity contribution < 1.29 is 4.74 Å². The summed E-state index contributed by atoms with van der Waals surface area (Å²) in [6.07, 6.45) is 1.24. The molecule has 0 saturated heterocycles. The molecule has 0 radical (unpaired) electrons. The van der Waals surface area contributed by atoms with Crippen LogP contribution in [0.15, 0.2) is 54.6 Å². The minimum Gasteiger partial charge on any atom is -0.493 e. The molecule has 3 rings (SSSR count). The van der Waals surface area contributed by atoms with Crippen LogP contribution in [0.3, 0.4) is 0 Å². The Morgan fingerprint density at radius 2 is 1.72 bits per heavy atom. The lowest BCUT2D eigenvalue weighted by atomic mass is 10.1. The molecule has 0 unspecified atom stereocenters. The Bertz CT molecular complexity index is 506. The van der Waals surface area contributed by atoms with Crippen molar-refractivity contribution >= 4 is 5.69 Å². The van der Waals surface area contributed by atoms with Gasteiger partial charge in [0.15, 0.2) is 0 Å². The van der Waals surface area contributed by atoms with E-state index in [4.69, 9.17) is 10.5 Å². The van der Waals surface area contributed by atoms with Gasteiger partial charge in [-0.2, -0.15) is 0 Å². The van der Waals surface area contributed by atoms with Gasteiger partial charge < -0.3 is 10.5 Å². The Balaban J connectivity index is 1.53. The van der Waals surface area contributed by atoms with E-state index in [9.17, 15) is 0 Å². The summed E-state index contributed by atoms with van der Waals surface area (Å²) >= 11 is 0. The van der Waals surface area contributed by atoms with Gasteiger partial charge in [-0.15, -0.1) is 0 Å². The maximum atomic E-state index is 5.78. The van der Waals surface area contributed by atoms with Gasteiger partial charge in [-0.3, -0.25) is 0 Å². The van der Waals surface area contributed by atoms with E-state index < -0.39 is 0 Å². The highest BCUT2D eigenvalue weighted by Crippen LogP contribution is 2.47. The lowest BCUT2D eigenvalue weighted by Crippen LogP contribution is -2.00. The molecule has 0 aliphatic heterocycles. The molecule has 1 saturated carbocycles. The van der Waals surface area contributed by atoms with Crippen molar-refractivity contribution in [2.45, 2.75) is 12.3 Å². The Kier molecular flexibility index (Phi) is 2.93. The molecule has 0 bridgehead atoms. The molecular formula is C16H17NO. The first kappa shape index (κ1) is 11.1. The number of rotatable bonds is 4. The average molecular weight is 239 g/mol. The zero-order chi connectivity index (χ0) is 12.4. The largest absolute Gasteiger partial charge is 0.493 e. The summed E-state index contributed by atoms with van der Waals surface area (Å²) in [4.78, 5) is 0. The van der Waals surface area contributed by atoms with Crippen LogP contribution in [-0.2, 0) is 0 Å². The molecule has 2 atom stereocenters. The van der Waals surface area contributed by atoms with Crippen molar-refractivity contribution in [1.29, 1.82) is 0 Å². The van der Waals surface area contributed by atoms with Crippen molar-refractivity contribution in [2.24, 2.45) is 5.92 Å². The number of anilines is 1. The highest BCUT2D eigenvalue weighted by molar-refractivity contribution is 5.41. The molecule has 2 heteroatoms. The summed E-state index contributed by atoms with van der Waals surface area (Å²) < 4.78 is 5.78. The minimum atomic E-state index is 0.657. The van der Waals surface area contributed by atoms with Crippen molar-refractivity contribution in [3.05, 3.63) is 60.2 Å². The Hall–Kier alpha value is -1.96. The topological polar surface area (TPSA) is 35.2 Å². The van der Waals surface area contributed by atoms with Crippen molar-refractivity contribution in [1.82, 2.24) is 0 Å². The molecule has 0 heterocycles. The molecule has 1 aliphatic carbocycles. The highest BCUT2D eigenvalue weighted by atomic mass is 16.5. The van der Waals surface area contributed by atoms with Crippen LogP contribution in [0, 0.1) is 5.92 Å². The summed E-state index contributed by atoms with van der Waals surface area (Å²) in [6, 6.07) is 18.3. The predicted octanol–water partition coefficient (Wildman–Crippen LogP) is 3.45. The normalized spacial score (nSPS) is 21.6. The number of nitrogen functional groups attached to an aromatic ring is 1. The lowest BCUT2D eigenvalue weighted by Gasteiger charge is -2.06. The first-order valence-corrected chi connectivity index (χ1v) is 6.36. The fourth-order valence-electron chi connectivity index (χ4n) is 2.31. The SMILES string of the molecule is Nc1ccc(OC[C@H]2C[C@H]2c2ccccc2)cc1. The van der Waals surface area contributed by atoms with Gasteiger partial charge in [0.25, 0.3) is 0 Å². The lowest BCUT2D eigenvalue weighted by molar-refractivity contribution is 0.297. The molecular weight excluding hydrogens is 222 g/mol. The summed E-state index contributed by atoms with van der Waals surface area (Å²) in [5, 5.41) is 0. The van der Waals surface area contributed by atoms with Crippen LogP contribution in [0.25, 0.3) is 0 Å². The minimum absolute atomic E-state index is 0.657. The predicted molar refractivity (Wildman–Crippen MR) is 73.6 cm³/mol. The Morgan fingerprint density at radius 3 is 2.44 bits per heavy atom. The monoisotopic (exact) mass is 239 g/mol. The molecule has 0 amide bonds. The third-order valence-electron chi connectivity index (χ3n) is 3.49. The first-order chi connectivity index (χ1) is 8.83. The average Bonchev–Trinajstić information content (AvgIpc) is 3.19. The standard InChI is InChI=1S/C16H17NO/c17-14-6-8-15(9-7-14)18-11-13-10-16(13)12-4-2-1-3-5-12/h1-9,13,16H,10-11,17H2/t13-,16+/m1/s1. The van der Waals surface area contributed by atoms with E-state index in [2.05, 4.69) is 30.3 Å². The third-order valence-corrected chi connectivity index (χ3v) is 3.49. The third kappa shape index (κ3) is 2.48. The number of benzene rings is 2. The van der Waals surface area contributed by atoms with E-state index in [-0.39, 0.29) is 0 Å². The fraction of sp³-hybridized carbons (Fsp3) is 0.250. The highest BCUT2D eigenvalue weighted by Gasteiger charge is 2.38. The second-order valence-electron chi connectivity index (χ2n) is 4.89. The molecule has 0 spiro atoms. The molecule has 0 aromatic heterocycles. The fourth-order valence-corrected chi connectivity index (χ4v) is 2.31. The zero-order valence-electron chi connectivity index (χ0n) is 10.3. The van der Waals surface area contributed by atoms with Crippen molar-refractivity contribution in [2.75, 3.05) is 12.3 Å². The van der Waals surface area contributed by atoms with E-state index >= 15 is 0 Å². The van der Waals surface area contributed by atoms with Crippen LogP contribution in [-0.4, -0.2) is 6.61 Å². The zero-order valence-corrected chi connectivity index (χ0v) is 10.3. The summed E-state index contributed by atoms with van der Waals surface area (Å²) in [7, 11) is 0. The maximum absolute atomic E-state index is 5.78. The molecule has 2 aromatic rings. The van der Waals surface area contributed by atoms with Crippen molar-refractivity contribution in [3.63, 3.8) is 0 Å². The molecule has 2 aromatic carbocycles. The maximum Gasteiger partial charge on any atom is 0.119 e. The molecule has 1 fully saturated rings. The van der Waals surface area contributed by atoms with Crippen LogP contribution in [0.4, 0.5) is 5.69 Å².